The fourth-order valence-corrected chi connectivity index (χ4v) is 0.802. The summed E-state index contributed by atoms with van der Waals surface area (Å²) in [5.41, 5.74) is 0. The van der Waals surface area contributed by atoms with Crippen LogP contribution in [0.3, 0.4) is 0 Å². The first-order chi connectivity index (χ1) is 5.34. The molecule has 0 spiro atoms. The highest BCUT2D eigenvalue weighted by molar-refractivity contribution is 5.08. The fourth-order valence-electron chi connectivity index (χ4n) is 0.802. The molecule has 0 fully saturated rings. The van der Waals surface area contributed by atoms with Crippen LogP contribution in [0.15, 0.2) is 11.8 Å². The lowest BCUT2D eigenvalue weighted by Crippen LogP contribution is -1.95. The van der Waals surface area contributed by atoms with Crippen LogP contribution < -0.4 is 0 Å². The lowest BCUT2D eigenvalue weighted by atomic mass is 10.1. The summed E-state index contributed by atoms with van der Waals surface area (Å²) in [6, 6.07) is 2.11. The van der Waals surface area contributed by atoms with E-state index in [0.717, 1.165) is 18.8 Å². The largest absolute Gasteiger partial charge is 0.497 e. The molecule has 1 aliphatic rings. The molecule has 0 aromatic rings. The smallest absolute Gasteiger partial charge is 0.109 e. The van der Waals surface area contributed by atoms with E-state index in [1.54, 1.807) is 0 Å². The summed E-state index contributed by atoms with van der Waals surface area (Å²) < 4.78 is 5.14. The van der Waals surface area contributed by atoms with E-state index in [1.165, 1.54) is 0 Å². The van der Waals surface area contributed by atoms with E-state index in [9.17, 15) is 0 Å². The Balaban J connectivity index is 0.000000461. The number of rotatable bonds is 1. The minimum atomic E-state index is -0.0625. The molecule has 2 nitrogen and oxygen atoms in total. The van der Waals surface area contributed by atoms with Gasteiger partial charge >= 0.3 is 0 Å². The van der Waals surface area contributed by atoms with E-state index in [0.29, 0.717) is 0 Å². The highest BCUT2D eigenvalue weighted by Gasteiger charge is 2.11. The average molecular weight is 153 g/mol. The normalized spacial score (nSPS) is 16.7. The number of nitrogens with zero attached hydrogens (tertiary/aromatic N) is 1. The van der Waals surface area contributed by atoms with Crippen molar-refractivity contribution in [2.75, 3.05) is 6.61 Å². The summed E-state index contributed by atoms with van der Waals surface area (Å²) in [7, 11) is 0. The van der Waals surface area contributed by atoms with Crippen LogP contribution in [-0.2, 0) is 4.74 Å². The Hall–Kier alpha value is -0.970. The third kappa shape index (κ3) is 3.08. The van der Waals surface area contributed by atoms with Crippen molar-refractivity contribution < 1.29 is 4.74 Å². The molecular weight excluding hydrogens is 138 g/mol. The van der Waals surface area contributed by atoms with Crippen molar-refractivity contribution in [2.45, 2.75) is 27.2 Å². The minimum Gasteiger partial charge on any atom is -0.497 e. The van der Waals surface area contributed by atoms with Crippen molar-refractivity contribution in [1.29, 1.82) is 5.26 Å². The number of hydrogen-bond acceptors (Lipinski definition) is 2. The van der Waals surface area contributed by atoms with Gasteiger partial charge in [0.15, 0.2) is 0 Å². The average Bonchev–Trinajstić information content (AvgIpc) is 2.59. The van der Waals surface area contributed by atoms with Crippen molar-refractivity contribution in [3.63, 3.8) is 0 Å². The van der Waals surface area contributed by atoms with Gasteiger partial charge in [-0.2, -0.15) is 5.26 Å². The van der Waals surface area contributed by atoms with Crippen LogP contribution in [0.4, 0.5) is 0 Å². The third-order valence-electron chi connectivity index (χ3n) is 1.35. The van der Waals surface area contributed by atoms with Crippen LogP contribution in [0.5, 0.6) is 0 Å². The Morgan fingerprint density at radius 2 is 2.27 bits per heavy atom. The second-order valence-electron chi connectivity index (χ2n) is 2.09. The molecule has 1 heterocycles. The Labute approximate surface area is 68.5 Å². The summed E-state index contributed by atoms with van der Waals surface area (Å²) in [6.45, 7) is 6.60. The van der Waals surface area contributed by atoms with E-state index >= 15 is 0 Å². The molecule has 0 radical (unpaired) electrons. The van der Waals surface area contributed by atoms with Gasteiger partial charge in [-0.25, -0.2) is 0 Å². The number of hydrogen-bond donors (Lipinski definition) is 0. The Morgan fingerprint density at radius 3 is 2.64 bits per heavy atom. The maximum Gasteiger partial charge on any atom is 0.109 e. The van der Waals surface area contributed by atoms with Gasteiger partial charge in [0.1, 0.15) is 11.7 Å². The molecule has 1 rings (SSSR count). The van der Waals surface area contributed by atoms with Gasteiger partial charge in [-0.1, -0.05) is 13.8 Å². The van der Waals surface area contributed by atoms with Crippen LogP contribution in [0.25, 0.3) is 0 Å². The Kier molecular flexibility index (Phi) is 5.28. The van der Waals surface area contributed by atoms with Gasteiger partial charge in [0.25, 0.3) is 0 Å². The number of nitriles is 1. The van der Waals surface area contributed by atoms with Crippen molar-refractivity contribution in [1.82, 2.24) is 0 Å². The van der Waals surface area contributed by atoms with Crippen LogP contribution in [0, 0.1) is 17.2 Å². The molecular formula is C9H15NO. The summed E-state index contributed by atoms with van der Waals surface area (Å²) >= 11 is 0. The van der Waals surface area contributed by atoms with E-state index in [2.05, 4.69) is 6.07 Å². The monoisotopic (exact) mass is 153 g/mol. The van der Waals surface area contributed by atoms with Gasteiger partial charge in [-0.05, 0) is 13.0 Å². The summed E-state index contributed by atoms with van der Waals surface area (Å²) in [4.78, 5) is 0. The van der Waals surface area contributed by atoms with Crippen LogP contribution in [-0.4, -0.2) is 6.61 Å². The van der Waals surface area contributed by atoms with Crippen LogP contribution in [0.2, 0.25) is 0 Å². The van der Waals surface area contributed by atoms with Crippen molar-refractivity contribution >= 4 is 0 Å². The predicted octanol–water partition coefficient (Wildman–Crippen LogP) is 2.48. The standard InChI is InChI=1S/C7H9NO.C2H6/c1-6(5-8)7-3-2-4-9-7;1-2/h3,6H,2,4H2,1H3;1-2H3. The first kappa shape index (κ1) is 10.0. The van der Waals surface area contributed by atoms with Gasteiger partial charge < -0.3 is 4.74 Å². The highest BCUT2D eigenvalue weighted by Crippen LogP contribution is 2.17. The molecule has 1 unspecified atom stereocenters. The van der Waals surface area contributed by atoms with Gasteiger partial charge in [0.2, 0.25) is 0 Å². The minimum absolute atomic E-state index is 0.0625. The number of allylic oxidation sites excluding steroid dienone is 1. The van der Waals surface area contributed by atoms with Crippen molar-refractivity contribution in [2.24, 2.45) is 5.92 Å². The quantitative estimate of drug-likeness (QED) is 0.579. The van der Waals surface area contributed by atoms with Gasteiger partial charge in [0.05, 0.1) is 12.7 Å². The number of ether oxygens (including phenoxy) is 1. The zero-order chi connectivity index (χ0) is 8.69. The van der Waals surface area contributed by atoms with Crippen molar-refractivity contribution in [3.05, 3.63) is 11.8 Å². The highest BCUT2D eigenvalue weighted by atomic mass is 16.5. The van der Waals surface area contributed by atoms with E-state index in [4.69, 9.17) is 10.00 Å². The summed E-state index contributed by atoms with van der Waals surface area (Å²) in [5, 5.41) is 8.42. The van der Waals surface area contributed by atoms with Gasteiger partial charge in [-0.3, -0.25) is 0 Å². The SMILES string of the molecule is CC.CC(C#N)C1=CCCO1. The lowest BCUT2D eigenvalue weighted by molar-refractivity contribution is 0.224. The van der Waals surface area contributed by atoms with Gasteiger partial charge in [-0.15, -0.1) is 0 Å². The maximum atomic E-state index is 8.42. The maximum absolute atomic E-state index is 8.42. The lowest BCUT2D eigenvalue weighted by Gasteiger charge is -2.02. The second-order valence-corrected chi connectivity index (χ2v) is 2.09. The molecule has 62 valence electrons. The zero-order valence-corrected chi connectivity index (χ0v) is 7.42. The van der Waals surface area contributed by atoms with Crippen LogP contribution >= 0.6 is 0 Å². The molecule has 1 aliphatic heterocycles. The predicted molar refractivity (Wildman–Crippen MR) is 44.8 cm³/mol. The molecule has 0 aromatic carbocycles. The second kappa shape index (κ2) is 5.79. The molecule has 11 heavy (non-hydrogen) atoms. The zero-order valence-electron chi connectivity index (χ0n) is 7.42. The molecule has 0 aromatic heterocycles. The Morgan fingerprint density at radius 1 is 1.64 bits per heavy atom. The topological polar surface area (TPSA) is 33.0 Å². The molecule has 0 amide bonds. The van der Waals surface area contributed by atoms with Gasteiger partial charge in [0, 0.05) is 6.42 Å². The molecule has 0 saturated heterocycles. The fraction of sp³-hybridized carbons (Fsp3) is 0.667. The Bertz CT molecular complexity index is 167. The third-order valence-corrected chi connectivity index (χ3v) is 1.35. The molecule has 1 atom stereocenters. The van der Waals surface area contributed by atoms with Crippen molar-refractivity contribution in [3.8, 4) is 6.07 Å². The van der Waals surface area contributed by atoms with E-state index in [-0.39, 0.29) is 5.92 Å². The summed E-state index contributed by atoms with van der Waals surface area (Å²) in [6.07, 6.45) is 2.94. The van der Waals surface area contributed by atoms with E-state index < -0.39 is 0 Å². The van der Waals surface area contributed by atoms with Crippen LogP contribution in [0.1, 0.15) is 27.2 Å². The summed E-state index contributed by atoms with van der Waals surface area (Å²) in [5.74, 6) is 0.782. The first-order valence-corrected chi connectivity index (χ1v) is 4.07. The van der Waals surface area contributed by atoms with E-state index in [1.807, 2.05) is 26.8 Å². The molecule has 0 bridgehead atoms. The molecule has 2 heteroatoms. The molecule has 0 aliphatic carbocycles. The molecule has 0 saturated carbocycles. The molecule has 0 N–H and O–H groups in total. The first-order valence-electron chi connectivity index (χ1n) is 4.07.